The number of hydrogen-bond donors (Lipinski definition) is 2. The normalized spacial score (nSPS) is 21.6. The zero-order chi connectivity index (χ0) is 26.6. The van der Waals surface area contributed by atoms with Gasteiger partial charge in [-0.25, -0.2) is 4.79 Å². The Morgan fingerprint density at radius 3 is 2.55 bits per heavy atom. The van der Waals surface area contributed by atoms with Gasteiger partial charge in [-0.05, 0) is 49.0 Å². The molecule has 0 saturated carbocycles. The number of fused-ring (bicyclic) bond motifs is 2. The van der Waals surface area contributed by atoms with E-state index in [2.05, 4.69) is 15.5 Å². The first-order valence-electron chi connectivity index (χ1n) is 12.4. The lowest BCUT2D eigenvalue weighted by Gasteiger charge is -2.32. The summed E-state index contributed by atoms with van der Waals surface area (Å²) in [6.45, 7) is 3.06. The quantitative estimate of drug-likeness (QED) is 0.492. The van der Waals surface area contributed by atoms with Crippen molar-refractivity contribution in [3.05, 3.63) is 64.9 Å². The number of imide groups is 1. The number of carbonyl (C=O) groups is 4. The third-order valence-electron chi connectivity index (χ3n) is 7.54. The van der Waals surface area contributed by atoms with Crippen LogP contribution in [0.3, 0.4) is 0 Å². The summed E-state index contributed by atoms with van der Waals surface area (Å²) in [5.41, 5.74) is 0.638. The van der Waals surface area contributed by atoms with Crippen LogP contribution in [-0.4, -0.2) is 85.3 Å². The number of nitrogens with zero attached hydrogens (tertiary/aromatic N) is 3. The van der Waals surface area contributed by atoms with Crippen molar-refractivity contribution in [2.45, 2.75) is 12.1 Å². The molecule has 11 nitrogen and oxygen atoms in total. The average molecular weight is 518 g/mol. The SMILES string of the molecule is COc1ccc2c(c1)C(=O)N(C[C@@]1(c3cc4cc(C(=O)N5CCN(C)CC5)ccc4o3)NC(=O)NC1=O)C2. The maximum Gasteiger partial charge on any atom is 0.322 e. The van der Waals surface area contributed by atoms with E-state index in [4.69, 9.17) is 9.15 Å². The molecule has 6 rings (SSSR count). The summed E-state index contributed by atoms with van der Waals surface area (Å²) in [5, 5.41) is 5.60. The van der Waals surface area contributed by atoms with E-state index in [0.29, 0.717) is 40.9 Å². The maximum atomic E-state index is 13.2. The number of methoxy groups -OCH3 is 1. The summed E-state index contributed by atoms with van der Waals surface area (Å²) in [4.78, 5) is 57.3. The fraction of sp³-hybridized carbons (Fsp3) is 0.333. The van der Waals surface area contributed by atoms with Gasteiger partial charge in [0.1, 0.15) is 17.1 Å². The number of urea groups is 1. The summed E-state index contributed by atoms with van der Waals surface area (Å²) in [6, 6.07) is 11.3. The minimum atomic E-state index is -1.63. The number of amides is 5. The Morgan fingerprint density at radius 1 is 1.05 bits per heavy atom. The fourth-order valence-electron chi connectivity index (χ4n) is 5.31. The van der Waals surface area contributed by atoms with Gasteiger partial charge in [0.05, 0.1) is 13.7 Å². The molecule has 11 heteroatoms. The van der Waals surface area contributed by atoms with Gasteiger partial charge in [-0.3, -0.25) is 19.7 Å². The molecule has 1 aromatic heterocycles. The minimum absolute atomic E-state index is 0.0692. The average Bonchev–Trinajstić information content (AvgIpc) is 3.57. The van der Waals surface area contributed by atoms with E-state index in [1.807, 2.05) is 18.0 Å². The number of carbonyl (C=O) groups excluding carboxylic acids is 4. The maximum absolute atomic E-state index is 13.2. The second kappa shape index (κ2) is 8.88. The predicted octanol–water partition coefficient (Wildman–Crippen LogP) is 1.52. The molecule has 0 aliphatic carbocycles. The summed E-state index contributed by atoms with van der Waals surface area (Å²) >= 11 is 0. The lowest BCUT2D eigenvalue weighted by molar-refractivity contribution is -0.125. The van der Waals surface area contributed by atoms with E-state index < -0.39 is 17.5 Å². The number of rotatable bonds is 5. The Morgan fingerprint density at radius 2 is 1.84 bits per heavy atom. The molecule has 1 atom stereocenters. The molecule has 5 amide bonds. The van der Waals surface area contributed by atoms with Crippen molar-refractivity contribution in [1.82, 2.24) is 25.3 Å². The molecule has 0 unspecified atom stereocenters. The largest absolute Gasteiger partial charge is 0.497 e. The number of furan rings is 1. The molecular formula is C27H27N5O6. The summed E-state index contributed by atoms with van der Waals surface area (Å²) in [6.07, 6.45) is 0. The predicted molar refractivity (Wildman–Crippen MR) is 136 cm³/mol. The molecule has 3 aliphatic heterocycles. The molecule has 38 heavy (non-hydrogen) atoms. The second-order valence-corrected chi connectivity index (χ2v) is 9.96. The van der Waals surface area contributed by atoms with Gasteiger partial charge in [-0.2, -0.15) is 0 Å². The Balaban J connectivity index is 1.32. The van der Waals surface area contributed by atoms with Gasteiger partial charge in [0.2, 0.25) is 0 Å². The van der Waals surface area contributed by atoms with Crippen molar-refractivity contribution >= 4 is 34.7 Å². The van der Waals surface area contributed by atoms with E-state index in [1.165, 1.54) is 12.0 Å². The smallest absolute Gasteiger partial charge is 0.322 e. The van der Waals surface area contributed by atoms with Crippen LogP contribution in [0.25, 0.3) is 11.0 Å². The first kappa shape index (κ1) is 24.0. The summed E-state index contributed by atoms with van der Waals surface area (Å²) in [7, 11) is 3.55. The number of benzene rings is 2. The molecule has 2 fully saturated rings. The van der Waals surface area contributed by atoms with Crippen molar-refractivity contribution in [2.24, 2.45) is 0 Å². The first-order valence-corrected chi connectivity index (χ1v) is 12.4. The highest BCUT2D eigenvalue weighted by Gasteiger charge is 2.53. The Labute approximate surface area is 218 Å². The van der Waals surface area contributed by atoms with Gasteiger partial charge in [0.15, 0.2) is 5.54 Å². The fourth-order valence-corrected chi connectivity index (χ4v) is 5.31. The number of ether oxygens (including phenoxy) is 1. The molecule has 0 radical (unpaired) electrons. The van der Waals surface area contributed by atoms with E-state index >= 15 is 0 Å². The van der Waals surface area contributed by atoms with E-state index in [0.717, 1.165) is 18.7 Å². The monoisotopic (exact) mass is 517 g/mol. The standard InChI is InChI=1S/C27H27N5O6/c1-30-7-9-31(10-8-30)23(33)16-4-6-21-18(11-16)12-22(38-21)27(25(35)28-26(36)29-27)15-32-14-17-3-5-19(37-2)13-20(17)24(32)34/h3-6,11-13H,7-10,14-15H2,1-2H3,(H2,28,29,35,36)/t27-/m0/s1. The number of nitrogens with one attached hydrogen (secondary N) is 2. The van der Waals surface area contributed by atoms with E-state index in [-0.39, 0.29) is 30.7 Å². The van der Waals surface area contributed by atoms with Gasteiger partial charge >= 0.3 is 6.03 Å². The number of piperazine rings is 1. The van der Waals surface area contributed by atoms with Gasteiger partial charge in [0.25, 0.3) is 17.7 Å². The summed E-state index contributed by atoms with van der Waals surface area (Å²) in [5.74, 6) is -0.221. The highest BCUT2D eigenvalue weighted by Crippen LogP contribution is 2.35. The molecular weight excluding hydrogens is 490 g/mol. The molecule has 2 aromatic carbocycles. The van der Waals surface area contributed by atoms with Crippen molar-refractivity contribution in [2.75, 3.05) is 46.9 Å². The number of hydrogen-bond acceptors (Lipinski definition) is 7. The molecule has 4 heterocycles. The van der Waals surface area contributed by atoms with Crippen LogP contribution >= 0.6 is 0 Å². The minimum Gasteiger partial charge on any atom is -0.497 e. The Hall–Kier alpha value is -4.38. The van der Waals surface area contributed by atoms with Crippen LogP contribution in [0.4, 0.5) is 4.79 Å². The molecule has 2 N–H and O–H groups in total. The van der Waals surface area contributed by atoms with Crippen LogP contribution in [0.2, 0.25) is 0 Å². The molecule has 0 bridgehead atoms. The van der Waals surface area contributed by atoms with Crippen LogP contribution < -0.4 is 15.4 Å². The summed E-state index contributed by atoms with van der Waals surface area (Å²) < 4.78 is 11.3. The van der Waals surface area contributed by atoms with Gasteiger partial charge < -0.3 is 29.2 Å². The molecule has 196 valence electrons. The van der Waals surface area contributed by atoms with Gasteiger partial charge in [-0.15, -0.1) is 0 Å². The third-order valence-corrected chi connectivity index (χ3v) is 7.54. The van der Waals surface area contributed by atoms with E-state index in [1.54, 1.807) is 36.4 Å². The van der Waals surface area contributed by atoms with Crippen molar-refractivity contribution in [1.29, 1.82) is 0 Å². The molecule has 3 aliphatic rings. The van der Waals surface area contributed by atoms with Crippen molar-refractivity contribution < 1.29 is 28.3 Å². The topological polar surface area (TPSA) is 124 Å². The van der Waals surface area contributed by atoms with Crippen LogP contribution in [-0.2, 0) is 16.9 Å². The van der Waals surface area contributed by atoms with Crippen LogP contribution in [0.1, 0.15) is 32.0 Å². The van der Waals surface area contributed by atoms with Crippen molar-refractivity contribution in [3.63, 3.8) is 0 Å². The van der Waals surface area contributed by atoms with E-state index in [9.17, 15) is 19.2 Å². The highest BCUT2D eigenvalue weighted by atomic mass is 16.5. The lowest BCUT2D eigenvalue weighted by Crippen LogP contribution is -2.52. The first-order chi connectivity index (χ1) is 18.3. The third kappa shape index (κ3) is 3.86. The van der Waals surface area contributed by atoms with Crippen molar-refractivity contribution in [3.8, 4) is 5.75 Å². The Bertz CT molecular complexity index is 1490. The van der Waals surface area contributed by atoms with Crippen LogP contribution in [0.5, 0.6) is 5.75 Å². The number of likely N-dealkylation sites (N-methyl/N-ethyl adjacent to an activating group) is 1. The van der Waals surface area contributed by atoms with Crippen LogP contribution in [0.15, 0.2) is 46.9 Å². The zero-order valence-electron chi connectivity index (χ0n) is 21.1. The highest BCUT2D eigenvalue weighted by molar-refractivity contribution is 6.08. The Kier molecular flexibility index (Phi) is 5.60. The molecule has 3 aromatic rings. The lowest BCUT2D eigenvalue weighted by atomic mass is 9.95. The molecule has 2 saturated heterocycles. The van der Waals surface area contributed by atoms with Gasteiger partial charge in [0, 0.05) is 49.2 Å². The zero-order valence-corrected chi connectivity index (χ0v) is 21.1. The molecule has 0 spiro atoms. The second-order valence-electron chi connectivity index (χ2n) is 9.96. The van der Waals surface area contributed by atoms with Crippen LogP contribution in [0, 0.1) is 0 Å². The van der Waals surface area contributed by atoms with Gasteiger partial charge in [-0.1, -0.05) is 6.07 Å².